The van der Waals surface area contributed by atoms with Crippen molar-refractivity contribution in [3.63, 3.8) is 0 Å². The standard InChI is InChI=1S/C15H18N2O4/c1-9-7-17(8-10(2)20-9)15-16-13-11(14(18)19-3)5-4-6-12(13)21-15/h4-6,9-10H,7-8H2,1-3H3/t9-,10+. The zero-order chi connectivity index (χ0) is 15.0. The van der Waals surface area contributed by atoms with Gasteiger partial charge in [0.1, 0.15) is 5.52 Å². The lowest BCUT2D eigenvalue weighted by Gasteiger charge is -2.34. The molecule has 0 N–H and O–H groups in total. The van der Waals surface area contributed by atoms with Crippen molar-refractivity contribution in [3.05, 3.63) is 23.8 Å². The van der Waals surface area contributed by atoms with Gasteiger partial charge in [-0.2, -0.15) is 4.98 Å². The Morgan fingerprint density at radius 3 is 2.71 bits per heavy atom. The molecule has 6 nitrogen and oxygen atoms in total. The van der Waals surface area contributed by atoms with Crippen molar-refractivity contribution >= 4 is 23.1 Å². The average molecular weight is 290 g/mol. The zero-order valence-electron chi connectivity index (χ0n) is 12.3. The van der Waals surface area contributed by atoms with Crippen LogP contribution in [0.2, 0.25) is 0 Å². The molecule has 0 bridgehead atoms. The van der Waals surface area contributed by atoms with Gasteiger partial charge in [0.15, 0.2) is 5.58 Å². The van der Waals surface area contributed by atoms with Crippen molar-refractivity contribution < 1.29 is 18.7 Å². The summed E-state index contributed by atoms with van der Waals surface area (Å²) in [7, 11) is 1.35. The van der Waals surface area contributed by atoms with Crippen molar-refractivity contribution in [3.8, 4) is 0 Å². The number of rotatable bonds is 2. The van der Waals surface area contributed by atoms with Crippen molar-refractivity contribution in [1.29, 1.82) is 0 Å². The Balaban J connectivity index is 1.99. The van der Waals surface area contributed by atoms with E-state index in [4.69, 9.17) is 13.9 Å². The van der Waals surface area contributed by atoms with Crippen LogP contribution in [0.3, 0.4) is 0 Å². The number of ether oxygens (including phenoxy) is 2. The first-order chi connectivity index (χ1) is 10.1. The number of aromatic nitrogens is 1. The molecule has 0 spiro atoms. The molecule has 1 fully saturated rings. The number of para-hydroxylation sites is 1. The second-order valence-electron chi connectivity index (χ2n) is 5.30. The van der Waals surface area contributed by atoms with E-state index < -0.39 is 5.97 Å². The zero-order valence-corrected chi connectivity index (χ0v) is 12.3. The summed E-state index contributed by atoms with van der Waals surface area (Å²) < 4.78 is 16.3. The van der Waals surface area contributed by atoms with Gasteiger partial charge in [0.25, 0.3) is 6.01 Å². The van der Waals surface area contributed by atoms with Gasteiger partial charge in [0, 0.05) is 13.1 Å². The van der Waals surface area contributed by atoms with Gasteiger partial charge in [0.05, 0.1) is 24.9 Å². The number of carbonyl (C=O) groups is 1. The lowest BCUT2D eigenvalue weighted by Crippen LogP contribution is -2.45. The molecule has 0 saturated carbocycles. The van der Waals surface area contributed by atoms with E-state index in [9.17, 15) is 4.79 Å². The van der Waals surface area contributed by atoms with Gasteiger partial charge >= 0.3 is 5.97 Å². The Morgan fingerprint density at radius 2 is 2.05 bits per heavy atom. The predicted octanol–water partition coefficient (Wildman–Crippen LogP) is 2.23. The molecule has 0 amide bonds. The van der Waals surface area contributed by atoms with E-state index in [0.29, 0.717) is 35.8 Å². The van der Waals surface area contributed by atoms with Crippen LogP contribution in [0.15, 0.2) is 22.6 Å². The highest BCUT2D eigenvalue weighted by Crippen LogP contribution is 2.27. The molecule has 0 radical (unpaired) electrons. The molecule has 2 atom stereocenters. The minimum Gasteiger partial charge on any atom is -0.465 e. The fourth-order valence-corrected chi connectivity index (χ4v) is 2.68. The van der Waals surface area contributed by atoms with Gasteiger partial charge in [-0.15, -0.1) is 0 Å². The van der Waals surface area contributed by atoms with Crippen LogP contribution in [0.4, 0.5) is 6.01 Å². The predicted molar refractivity (Wildman–Crippen MR) is 77.6 cm³/mol. The van der Waals surface area contributed by atoms with Crippen LogP contribution in [-0.2, 0) is 9.47 Å². The molecule has 3 rings (SSSR count). The third kappa shape index (κ3) is 2.58. The molecule has 21 heavy (non-hydrogen) atoms. The molecule has 2 aromatic rings. The maximum absolute atomic E-state index is 11.8. The highest BCUT2D eigenvalue weighted by atomic mass is 16.5. The number of anilines is 1. The van der Waals surface area contributed by atoms with Gasteiger partial charge in [-0.3, -0.25) is 0 Å². The van der Waals surface area contributed by atoms with E-state index in [0.717, 1.165) is 0 Å². The second-order valence-corrected chi connectivity index (χ2v) is 5.30. The van der Waals surface area contributed by atoms with Gasteiger partial charge in [-0.05, 0) is 26.0 Å². The number of hydrogen-bond acceptors (Lipinski definition) is 6. The van der Waals surface area contributed by atoms with Gasteiger partial charge in [-0.1, -0.05) is 6.07 Å². The third-order valence-corrected chi connectivity index (χ3v) is 3.50. The molecule has 0 aliphatic carbocycles. The summed E-state index contributed by atoms with van der Waals surface area (Å²) in [4.78, 5) is 18.3. The number of nitrogens with zero attached hydrogens (tertiary/aromatic N) is 2. The maximum Gasteiger partial charge on any atom is 0.340 e. The molecule has 2 heterocycles. The molecule has 0 unspecified atom stereocenters. The summed E-state index contributed by atoms with van der Waals surface area (Å²) in [6.07, 6.45) is 0.229. The Bertz CT molecular complexity index is 657. The van der Waals surface area contributed by atoms with Crippen LogP contribution in [-0.4, -0.2) is 43.4 Å². The first-order valence-electron chi connectivity index (χ1n) is 6.96. The number of carbonyl (C=O) groups excluding carboxylic acids is 1. The van der Waals surface area contributed by atoms with Gasteiger partial charge < -0.3 is 18.8 Å². The Morgan fingerprint density at radius 1 is 1.33 bits per heavy atom. The number of oxazole rings is 1. The van der Waals surface area contributed by atoms with E-state index in [1.54, 1.807) is 18.2 Å². The van der Waals surface area contributed by atoms with E-state index in [-0.39, 0.29) is 12.2 Å². The van der Waals surface area contributed by atoms with Crippen molar-refractivity contribution in [2.45, 2.75) is 26.1 Å². The number of methoxy groups -OCH3 is 1. The SMILES string of the molecule is COC(=O)c1cccc2oc(N3C[C@@H](C)O[C@@H](C)C3)nc12. The molecule has 1 aromatic heterocycles. The molecule has 6 heteroatoms. The monoisotopic (exact) mass is 290 g/mol. The summed E-state index contributed by atoms with van der Waals surface area (Å²) in [5.41, 5.74) is 1.53. The van der Waals surface area contributed by atoms with Crippen LogP contribution in [0.1, 0.15) is 24.2 Å². The number of morpholine rings is 1. The molecular weight excluding hydrogens is 272 g/mol. The Labute approximate surface area is 122 Å². The fraction of sp³-hybridized carbons (Fsp3) is 0.467. The molecular formula is C15H18N2O4. The lowest BCUT2D eigenvalue weighted by atomic mass is 10.2. The summed E-state index contributed by atoms with van der Waals surface area (Å²) >= 11 is 0. The van der Waals surface area contributed by atoms with Crippen molar-refractivity contribution in [1.82, 2.24) is 4.98 Å². The first kappa shape index (κ1) is 13.9. The van der Waals surface area contributed by atoms with Crippen LogP contribution in [0, 0.1) is 0 Å². The second kappa shape index (κ2) is 5.37. The normalized spacial score (nSPS) is 22.5. The molecule has 1 aliphatic heterocycles. The highest BCUT2D eigenvalue weighted by Gasteiger charge is 2.26. The number of esters is 1. The number of hydrogen-bond donors (Lipinski definition) is 0. The Hall–Kier alpha value is -2.08. The largest absolute Gasteiger partial charge is 0.465 e. The number of fused-ring (bicyclic) bond motifs is 1. The summed E-state index contributed by atoms with van der Waals surface area (Å²) in [6.45, 7) is 5.46. The lowest BCUT2D eigenvalue weighted by molar-refractivity contribution is -0.00662. The topological polar surface area (TPSA) is 64.8 Å². The smallest absolute Gasteiger partial charge is 0.340 e. The van der Waals surface area contributed by atoms with E-state index in [1.165, 1.54) is 7.11 Å². The number of benzene rings is 1. The van der Waals surface area contributed by atoms with E-state index in [2.05, 4.69) is 4.98 Å². The fourth-order valence-electron chi connectivity index (χ4n) is 2.68. The maximum atomic E-state index is 11.8. The summed E-state index contributed by atoms with van der Waals surface area (Å²) in [5, 5.41) is 0. The van der Waals surface area contributed by atoms with Crippen LogP contribution < -0.4 is 4.90 Å². The van der Waals surface area contributed by atoms with Crippen molar-refractivity contribution in [2.75, 3.05) is 25.1 Å². The average Bonchev–Trinajstić information content (AvgIpc) is 2.89. The van der Waals surface area contributed by atoms with Crippen molar-refractivity contribution in [2.24, 2.45) is 0 Å². The van der Waals surface area contributed by atoms with Gasteiger partial charge in [-0.25, -0.2) is 4.79 Å². The summed E-state index contributed by atoms with van der Waals surface area (Å²) in [5.74, 6) is -0.413. The minimum absolute atomic E-state index is 0.115. The molecule has 1 aromatic carbocycles. The first-order valence-corrected chi connectivity index (χ1v) is 6.96. The highest BCUT2D eigenvalue weighted by molar-refractivity contribution is 6.01. The minimum atomic E-state index is -0.413. The molecule has 1 saturated heterocycles. The summed E-state index contributed by atoms with van der Waals surface area (Å²) in [6, 6.07) is 5.76. The van der Waals surface area contributed by atoms with E-state index >= 15 is 0 Å². The van der Waals surface area contributed by atoms with Crippen LogP contribution in [0.25, 0.3) is 11.1 Å². The molecule has 112 valence electrons. The van der Waals surface area contributed by atoms with Crippen LogP contribution >= 0.6 is 0 Å². The Kier molecular flexibility index (Phi) is 3.55. The van der Waals surface area contributed by atoms with Gasteiger partial charge in [0.2, 0.25) is 0 Å². The molecule has 1 aliphatic rings. The quantitative estimate of drug-likeness (QED) is 0.790. The third-order valence-electron chi connectivity index (χ3n) is 3.50. The van der Waals surface area contributed by atoms with E-state index in [1.807, 2.05) is 18.7 Å². The van der Waals surface area contributed by atoms with Crippen LogP contribution in [0.5, 0.6) is 0 Å².